The van der Waals surface area contributed by atoms with E-state index in [2.05, 4.69) is 60.3 Å². The molecule has 0 spiro atoms. The quantitative estimate of drug-likeness (QED) is 0.815. The number of halogens is 2. The second kappa shape index (κ2) is 6.78. The Morgan fingerprint density at radius 3 is 2.56 bits per heavy atom. The maximum absolute atomic E-state index is 5.89. The van der Waals surface area contributed by atoms with E-state index in [4.69, 9.17) is 5.73 Å². The first-order valence-corrected chi connectivity index (χ1v) is 8.35. The van der Waals surface area contributed by atoms with Crippen molar-refractivity contribution in [2.75, 3.05) is 39.8 Å². The molecule has 4 nitrogen and oxygen atoms in total. The van der Waals surface area contributed by atoms with Crippen LogP contribution < -0.4 is 11.2 Å². The first-order chi connectivity index (χ1) is 8.60. The van der Waals surface area contributed by atoms with Crippen molar-refractivity contribution in [3.63, 3.8) is 0 Å². The Hall–Kier alpha value is 0.500. The van der Waals surface area contributed by atoms with Crippen LogP contribution in [0.5, 0.6) is 0 Å². The van der Waals surface area contributed by atoms with E-state index in [-0.39, 0.29) is 6.04 Å². The Morgan fingerprint density at radius 1 is 1.39 bits per heavy atom. The molecule has 1 fully saturated rings. The van der Waals surface area contributed by atoms with Gasteiger partial charge in [-0.15, -0.1) is 11.3 Å². The molecule has 0 bridgehead atoms. The molecule has 1 atom stereocenters. The molecule has 1 aromatic heterocycles. The van der Waals surface area contributed by atoms with Gasteiger partial charge in [0, 0.05) is 42.1 Å². The number of likely N-dealkylation sites (N-methyl/N-ethyl adjacent to an activating group) is 1. The highest BCUT2D eigenvalue weighted by Gasteiger charge is 2.20. The fourth-order valence-electron chi connectivity index (χ4n) is 1.92. The second-order valence-corrected chi connectivity index (χ2v) is 7.73. The summed E-state index contributed by atoms with van der Waals surface area (Å²) in [7, 11) is 2.16. The van der Waals surface area contributed by atoms with Crippen molar-refractivity contribution in [3.8, 4) is 0 Å². The Labute approximate surface area is 129 Å². The maximum atomic E-state index is 5.89. The second-order valence-electron chi connectivity index (χ2n) is 4.48. The number of nitrogens with one attached hydrogen (secondary N) is 1. The van der Waals surface area contributed by atoms with Crippen LogP contribution in [0, 0.1) is 0 Å². The molecule has 2 rings (SSSR count). The van der Waals surface area contributed by atoms with Crippen LogP contribution in [0.3, 0.4) is 0 Å². The number of hydrogen-bond donors (Lipinski definition) is 2. The zero-order valence-corrected chi connectivity index (χ0v) is 14.3. The van der Waals surface area contributed by atoms with Gasteiger partial charge < -0.3 is 10.6 Å². The van der Waals surface area contributed by atoms with Crippen LogP contribution in [0.2, 0.25) is 0 Å². The van der Waals surface area contributed by atoms with Crippen molar-refractivity contribution in [3.05, 3.63) is 19.2 Å². The Balaban J connectivity index is 1.97. The summed E-state index contributed by atoms with van der Waals surface area (Å²) in [5, 5.41) is 2.28. The smallest absolute Gasteiger partial charge is 0.0843 e. The minimum absolute atomic E-state index is 0.195. The first kappa shape index (κ1) is 14.9. The zero-order valence-electron chi connectivity index (χ0n) is 10.3. The Bertz CT molecular complexity index is 371. The molecular formula is C11H18Br2N4S. The van der Waals surface area contributed by atoms with Crippen LogP contribution in [-0.2, 0) is 0 Å². The molecule has 1 saturated heterocycles. The number of hydrazine groups is 1. The molecule has 1 aliphatic rings. The molecule has 0 radical (unpaired) electrons. The first-order valence-electron chi connectivity index (χ1n) is 5.94. The summed E-state index contributed by atoms with van der Waals surface area (Å²) in [5.74, 6) is 0. The summed E-state index contributed by atoms with van der Waals surface area (Å²) in [5.41, 5.74) is 9.42. The molecule has 1 aliphatic heterocycles. The Morgan fingerprint density at radius 2 is 2.06 bits per heavy atom. The summed E-state index contributed by atoms with van der Waals surface area (Å²) in [6.07, 6.45) is 0. The molecule has 3 N–H and O–H groups in total. The lowest BCUT2D eigenvalue weighted by Gasteiger charge is -2.35. The number of piperazine rings is 1. The van der Waals surface area contributed by atoms with Crippen LogP contribution in [0.1, 0.15) is 10.9 Å². The lowest BCUT2D eigenvalue weighted by atomic mass is 10.2. The number of nitrogens with zero attached hydrogens (tertiary/aromatic N) is 2. The molecule has 18 heavy (non-hydrogen) atoms. The van der Waals surface area contributed by atoms with Gasteiger partial charge in [0.25, 0.3) is 0 Å². The molecule has 0 amide bonds. The summed E-state index contributed by atoms with van der Waals surface area (Å²) >= 11 is 8.78. The minimum atomic E-state index is 0.195. The van der Waals surface area contributed by atoms with Gasteiger partial charge in [0.05, 0.1) is 9.83 Å². The molecule has 1 aromatic rings. The molecule has 0 aromatic carbocycles. The van der Waals surface area contributed by atoms with Gasteiger partial charge in [-0.2, -0.15) is 0 Å². The van der Waals surface area contributed by atoms with E-state index >= 15 is 0 Å². The van der Waals surface area contributed by atoms with E-state index in [9.17, 15) is 0 Å². The van der Waals surface area contributed by atoms with Crippen LogP contribution in [0.25, 0.3) is 0 Å². The standard InChI is InChI=1S/C11H18Br2N4S/c1-16-2-4-17(5-3-16)15-9(7-14)10-6-8(12)11(13)18-10/h6,9,15H,2-5,7,14H2,1H3. The monoisotopic (exact) mass is 396 g/mol. The van der Waals surface area contributed by atoms with E-state index in [1.54, 1.807) is 11.3 Å². The van der Waals surface area contributed by atoms with Crippen LogP contribution in [0.15, 0.2) is 14.3 Å². The van der Waals surface area contributed by atoms with Gasteiger partial charge in [-0.1, -0.05) is 0 Å². The fraction of sp³-hybridized carbons (Fsp3) is 0.636. The van der Waals surface area contributed by atoms with Crippen LogP contribution in [0.4, 0.5) is 0 Å². The van der Waals surface area contributed by atoms with Gasteiger partial charge in [-0.3, -0.25) is 0 Å². The molecule has 0 aliphatic carbocycles. The van der Waals surface area contributed by atoms with Gasteiger partial charge >= 0.3 is 0 Å². The van der Waals surface area contributed by atoms with E-state index in [0.717, 1.165) is 34.4 Å². The zero-order chi connectivity index (χ0) is 13.1. The molecule has 1 unspecified atom stereocenters. The van der Waals surface area contributed by atoms with Crippen molar-refractivity contribution >= 4 is 43.2 Å². The molecular weight excluding hydrogens is 380 g/mol. The predicted molar refractivity (Wildman–Crippen MR) is 83.7 cm³/mol. The molecule has 0 saturated carbocycles. The van der Waals surface area contributed by atoms with Crippen molar-refractivity contribution in [1.82, 2.24) is 15.3 Å². The third-order valence-electron chi connectivity index (χ3n) is 3.09. The van der Waals surface area contributed by atoms with Crippen molar-refractivity contribution in [1.29, 1.82) is 0 Å². The van der Waals surface area contributed by atoms with Crippen LogP contribution >= 0.6 is 43.2 Å². The largest absolute Gasteiger partial charge is 0.329 e. The van der Waals surface area contributed by atoms with E-state index in [1.807, 2.05) is 0 Å². The third kappa shape index (κ3) is 3.75. The molecule has 2 heterocycles. The topological polar surface area (TPSA) is 44.5 Å². The Kier molecular flexibility index (Phi) is 5.62. The average molecular weight is 398 g/mol. The fourth-order valence-corrected chi connectivity index (χ4v) is 4.07. The van der Waals surface area contributed by atoms with Gasteiger partial charge in [0.1, 0.15) is 0 Å². The maximum Gasteiger partial charge on any atom is 0.0843 e. The summed E-state index contributed by atoms with van der Waals surface area (Å²) in [6.45, 7) is 4.89. The number of rotatable bonds is 4. The average Bonchev–Trinajstić information content (AvgIpc) is 2.69. The lowest BCUT2D eigenvalue weighted by molar-refractivity contribution is 0.0886. The number of thiophene rings is 1. The van der Waals surface area contributed by atoms with Gasteiger partial charge in [-0.05, 0) is 45.0 Å². The van der Waals surface area contributed by atoms with E-state index in [0.29, 0.717) is 6.54 Å². The van der Waals surface area contributed by atoms with Crippen molar-refractivity contribution in [2.24, 2.45) is 5.73 Å². The van der Waals surface area contributed by atoms with Crippen molar-refractivity contribution in [2.45, 2.75) is 6.04 Å². The SMILES string of the molecule is CN1CCN(NC(CN)c2cc(Br)c(Br)s2)CC1. The highest BCUT2D eigenvalue weighted by atomic mass is 79.9. The number of nitrogens with two attached hydrogens (primary N) is 1. The third-order valence-corrected chi connectivity index (χ3v) is 6.45. The van der Waals surface area contributed by atoms with E-state index < -0.39 is 0 Å². The van der Waals surface area contributed by atoms with Gasteiger partial charge in [0.2, 0.25) is 0 Å². The molecule has 102 valence electrons. The normalized spacial score (nSPS) is 20.2. The minimum Gasteiger partial charge on any atom is -0.329 e. The van der Waals surface area contributed by atoms with Gasteiger partial charge in [-0.25, -0.2) is 10.4 Å². The summed E-state index contributed by atoms with van der Waals surface area (Å²) in [6, 6.07) is 2.33. The lowest BCUT2D eigenvalue weighted by Crippen LogP contribution is -2.52. The highest BCUT2D eigenvalue weighted by Crippen LogP contribution is 2.35. The predicted octanol–water partition coefficient (Wildman–Crippen LogP) is 2.02. The highest BCUT2D eigenvalue weighted by molar-refractivity contribution is 9.13. The summed E-state index contributed by atoms with van der Waals surface area (Å²) < 4.78 is 2.22. The van der Waals surface area contributed by atoms with Gasteiger partial charge in [0.15, 0.2) is 0 Å². The molecule has 7 heteroatoms. The summed E-state index contributed by atoms with van der Waals surface area (Å²) in [4.78, 5) is 3.60. The van der Waals surface area contributed by atoms with Crippen LogP contribution in [-0.4, -0.2) is 49.7 Å². The number of hydrogen-bond acceptors (Lipinski definition) is 5. The van der Waals surface area contributed by atoms with Crippen molar-refractivity contribution < 1.29 is 0 Å². The van der Waals surface area contributed by atoms with E-state index in [1.165, 1.54) is 4.88 Å².